The Morgan fingerprint density at radius 3 is 2.19 bits per heavy atom. The van der Waals surface area contributed by atoms with E-state index in [2.05, 4.69) is 31.9 Å². The molecule has 31 heavy (non-hydrogen) atoms. The maximum atomic E-state index is 13.6. The van der Waals surface area contributed by atoms with Crippen molar-refractivity contribution in [2.45, 2.75) is 6.92 Å². The van der Waals surface area contributed by atoms with Gasteiger partial charge in [0.1, 0.15) is 0 Å². The fraction of sp³-hybridized carbons (Fsp3) is 0.250. The van der Waals surface area contributed by atoms with Crippen LogP contribution in [0.3, 0.4) is 0 Å². The maximum absolute atomic E-state index is 13.6. The van der Waals surface area contributed by atoms with Crippen LogP contribution in [0.5, 0.6) is 0 Å². The zero-order valence-electron chi connectivity index (χ0n) is 16.7. The maximum Gasteiger partial charge on any atom is 0.243 e. The number of nitrogens with one attached hydrogen (secondary N) is 3. The van der Waals surface area contributed by atoms with Gasteiger partial charge in [0, 0.05) is 10.2 Å². The van der Waals surface area contributed by atoms with Crippen LogP contribution in [0.15, 0.2) is 34.8 Å². The van der Waals surface area contributed by atoms with E-state index in [4.69, 9.17) is 0 Å². The summed E-state index contributed by atoms with van der Waals surface area (Å²) in [7, 11) is 1.45. The molecule has 0 spiro atoms. The summed E-state index contributed by atoms with van der Waals surface area (Å²) in [5, 5.41) is 7.21. The number of aryl methyl sites for hydroxylation is 1. The molecule has 0 unspecified atom stereocenters. The summed E-state index contributed by atoms with van der Waals surface area (Å²) in [6.45, 7) is 1.01. The molecule has 0 aliphatic rings. The minimum Gasteiger partial charge on any atom is -0.346 e. The minimum absolute atomic E-state index is 0.224. The summed E-state index contributed by atoms with van der Waals surface area (Å²) in [4.78, 5) is 37.2. The van der Waals surface area contributed by atoms with E-state index in [1.165, 1.54) is 11.9 Å². The lowest BCUT2D eigenvalue weighted by Crippen LogP contribution is -2.41. The van der Waals surface area contributed by atoms with Crippen LogP contribution in [0, 0.1) is 24.4 Å². The Labute approximate surface area is 185 Å². The highest BCUT2D eigenvalue weighted by molar-refractivity contribution is 9.10. The summed E-state index contributed by atoms with van der Waals surface area (Å²) >= 11 is 3.33. The van der Waals surface area contributed by atoms with Crippen LogP contribution in [-0.2, 0) is 14.4 Å². The average Bonchev–Trinajstić information content (AvgIpc) is 2.69. The van der Waals surface area contributed by atoms with Gasteiger partial charge >= 0.3 is 0 Å². The third kappa shape index (κ3) is 7.37. The van der Waals surface area contributed by atoms with Gasteiger partial charge in [-0.1, -0.05) is 15.9 Å². The quantitative estimate of drug-likeness (QED) is 0.486. The van der Waals surface area contributed by atoms with Gasteiger partial charge in [0.15, 0.2) is 17.5 Å². The zero-order chi connectivity index (χ0) is 23.1. The first-order chi connectivity index (χ1) is 14.6. The Hall–Kier alpha value is -2.92. The van der Waals surface area contributed by atoms with Gasteiger partial charge in [-0.2, -0.15) is 0 Å². The van der Waals surface area contributed by atoms with E-state index in [1.54, 1.807) is 12.1 Å². The van der Waals surface area contributed by atoms with E-state index in [9.17, 15) is 27.6 Å². The summed E-state index contributed by atoms with van der Waals surface area (Å²) in [6.07, 6.45) is 0. The fourth-order valence-electron chi connectivity index (χ4n) is 2.55. The van der Waals surface area contributed by atoms with Crippen molar-refractivity contribution in [2.24, 2.45) is 0 Å². The number of nitrogens with zero attached hydrogens (tertiary/aromatic N) is 1. The molecule has 0 atom stereocenters. The molecule has 2 aromatic rings. The third-order valence-corrected chi connectivity index (χ3v) is 4.54. The van der Waals surface area contributed by atoms with E-state index in [1.807, 2.05) is 13.0 Å². The van der Waals surface area contributed by atoms with E-state index in [0.29, 0.717) is 11.8 Å². The van der Waals surface area contributed by atoms with Crippen molar-refractivity contribution in [3.8, 4) is 0 Å². The van der Waals surface area contributed by atoms with Crippen molar-refractivity contribution >= 4 is 45.0 Å². The van der Waals surface area contributed by atoms with Crippen LogP contribution in [0.1, 0.15) is 5.56 Å². The SMILES string of the molecule is Cc1cc(Br)ccc1NC(=O)CNC(=O)CN(C)CC(=O)Nc1ccc(F)c(F)c1F. The monoisotopic (exact) mass is 500 g/mol. The predicted octanol–water partition coefficient (Wildman–Crippen LogP) is 2.80. The number of halogens is 4. The predicted molar refractivity (Wildman–Crippen MR) is 113 cm³/mol. The van der Waals surface area contributed by atoms with Crippen molar-refractivity contribution in [2.75, 3.05) is 37.3 Å². The van der Waals surface area contributed by atoms with Crippen molar-refractivity contribution in [3.63, 3.8) is 0 Å². The standard InChI is InChI=1S/C20H20BrF3N4O3/c1-11-7-12(21)3-5-14(11)26-16(29)8-25-17(30)9-28(2)10-18(31)27-15-6-4-13(22)19(23)20(15)24/h3-7H,8-10H2,1-2H3,(H,25,30)(H,26,29)(H,27,31). The number of amides is 3. The van der Waals surface area contributed by atoms with Gasteiger partial charge in [-0.25, -0.2) is 13.2 Å². The lowest BCUT2D eigenvalue weighted by atomic mass is 10.2. The molecule has 7 nitrogen and oxygen atoms in total. The number of hydrogen-bond donors (Lipinski definition) is 3. The molecule has 0 aliphatic heterocycles. The number of rotatable bonds is 8. The van der Waals surface area contributed by atoms with Gasteiger partial charge in [0.2, 0.25) is 17.7 Å². The van der Waals surface area contributed by atoms with Crippen molar-refractivity contribution in [1.82, 2.24) is 10.2 Å². The summed E-state index contributed by atoms with van der Waals surface area (Å²) in [5.74, 6) is -6.25. The number of hydrogen-bond acceptors (Lipinski definition) is 4. The molecule has 0 aliphatic carbocycles. The molecule has 0 radical (unpaired) electrons. The van der Waals surface area contributed by atoms with Gasteiger partial charge in [-0.3, -0.25) is 19.3 Å². The first-order valence-electron chi connectivity index (χ1n) is 9.01. The third-order valence-electron chi connectivity index (χ3n) is 4.04. The zero-order valence-corrected chi connectivity index (χ0v) is 18.3. The van der Waals surface area contributed by atoms with E-state index in [-0.39, 0.29) is 19.6 Å². The van der Waals surface area contributed by atoms with Gasteiger partial charge < -0.3 is 16.0 Å². The highest BCUT2D eigenvalue weighted by atomic mass is 79.9. The van der Waals surface area contributed by atoms with E-state index in [0.717, 1.165) is 16.1 Å². The number of anilines is 2. The van der Waals surface area contributed by atoms with Crippen LogP contribution >= 0.6 is 15.9 Å². The van der Waals surface area contributed by atoms with Crippen molar-refractivity contribution in [3.05, 3.63) is 57.8 Å². The van der Waals surface area contributed by atoms with Crippen molar-refractivity contribution < 1.29 is 27.6 Å². The lowest BCUT2D eigenvalue weighted by Gasteiger charge is -2.16. The Kier molecular flexibility index (Phi) is 8.57. The molecule has 0 bridgehead atoms. The molecule has 0 aromatic heterocycles. The van der Waals surface area contributed by atoms with Crippen LogP contribution < -0.4 is 16.0 Å². The lowest BCUT2D eigenvalue weighted by molar-refractivity contribution is -0.125. The number of benzene rings is 2. The first kappa shape index (κ1) is 24.4. The van der Waals surface area contributed by atoms with Gasteiger partial charge in [-0.05, 0) is 49.9 Å². The molecule has 0 heterocycles. The summed E-state index contributed by atoms with van der Waals surface area (Å²) < 4.78 is 40.6. The van der Waals surface area contributed by atoms with E-state index >= 15 is 0 Å². The van der Waals surface area contributed by atoms with Crippen LogP contribution in [-0.4, -0.2) is 49.3 Å². The van der Waals surface area contributed by atoms with Crippen LogP contribution in [0.2, 0.25) is 0 Å². The number of carbonyl (C=O) groups is 3. The molecule has 11 heteroatoms. The summed E-state index contributed by atoms with van der Waals surface area (Å²) in [6, 6.07) is 6.91. The Morgan fingerprint density at radius 1 is 0.903 bits per heavy atom. The second kappa shape index (κ2) is 10.9. The summed E-state index contributed by atoms with van der Waals surface area (Å²) in [5.41, 5.74) is 0.944. The molecule has 2 rings (SSSR count). The van der Waals surface area contributed by atoms with Gasteiger partial charge in [0.05, 0.1) is 25.3 Å². The molecule has 166 valence electrons. The Balaban J connectivity index is 1.77. The fourth-order valence-corrected chi connectivity index (χ4v) is 3.03. The van der Waals surface area contributed by atoms with Crippen LogP contribution in [0.25, 0.3) is 0 Å². The normalized spacial score (nSPS) is 10.7. The molecule has 0 saturated heterocycles. The Bertz CT molecular complexity index is 1000. The topological polar surface area (TPSA) is 90.5 Å². The number of likely N-dealkylation sites (N-methyl/N-ethyl adjacent to an activating group) is 1. The molecule has 0 saturated carbocycles. The Morgan fingerprint density at radius 2 is 1.52 bits per heavy atom. The smallest absolute Gasteiger partial charge is 0.243 e. The average molecular weight is 501 g/mol. The van der Waals surface area contributed by atoms with Crippen molar-refractivity contribution in [1.29, 1.82) is 0 Å². The second-order valence-electron chi connectivity index (χ2n) is 6.73. The molecule has 3 N–H and O–H groups in total. The first-order valence-corrected chi connectivity index (χ1v) is 9.80. The molecule has 2 aromatic carbocycles. The van der Waals surface area contributed by atoms with Gasteiger partial charge in [0.25, 0.3) is 0 Å². The largest absolute Gasteiger partial charge is 0.346 e. The highest BCUT2D eigenvalue weighted by Crippen LogP contribution is 2.20. The molecule has 3 amide bonds. The molecular weight excluding hydrogens is 481 g/mol. The van der Waals surface area contributed by atoms with E-state index < -0.39 is 40.9 Å². The molecular formula is C20H20BrF3N4O3. The number of carbonyl (C=O) groups excluding carboxylic acids is 3. The van der Waals surface area contributed by atoms with Gasteiger partial charge in [-0.15, -0.1) is 0 Å². The highest BCUT2D eigenvalue weighted by Gasteiger charge is 2.17. The molecule has 0 fully saturated rings. The minimum atomic E-state index is -1.69. The van der Waals surface area contributed by atoms with Crippen LogP contribution in [0.4, 0.5) is 24.5 Å². The second-order valence-corrected chi connectivity index (χ2v) is 7.64.